The normalized spacial score (nSPS) is 10.3. The number of benzene rings is 1. The van der Waals surface area contributed by atoms with Gasteiger partial charge in [-0.3, -0.25) is 0 Å². The molecule has 19 heavy (non-hydrogen) atoms. The van der Waals surface area contributed by atoms with Crippen LogP contribution in [0, 0.1) is 10.1 Å². The van der Waals surface area contributed by atoms with Gasteiger partial charge in [-0.05, 0) is 33.7 Å². The number of halogens is 2. The predicted molar refractivity (Wildman–Crippen MR) is 72.9 cm³/mol. The lowest BCUT2D eigenvalue weighted by molar-refractivity contribution is -0.390. The van der Waals surface area contributed by atoms with Crippen molar-refractivity contribution in [3.63, 3.8) is 0 Å². The molecule has 5 nitrogen and oxygen atoms in total. The van der Waals surface area contributed by atoms with Gasteiger partial charge in [0.05, 0.1) is 7.11 Å². The third-order valence-corrected chi connectivity index (χ3v) is 2.86. The molecule has 0 bridgehead atoms. The highest BCUT2D eigenvalue weighted by molar-refractivity contribution is 6.35. The van der Waals surface area contributed by atoms with Crippen molar-refractivity contribution < 1.29 is 9.66 Å². The van der Waals surface area contributed by atoms with E-state index in [1.54, 1.807) is 18.2 Å². The summed E-state index contributed by atoms with van der Waals surface area (Å²) >= 11 is 11.8. The van der Waals surface area contributed by atoms with Crippen LogP contribution in [0.2, 0.25) is 10.0 Å². The maximum atomic E-state index is 10.8. The fourth-order valence-corrected chi connectivity index (χ4v) is 2.13. The van der Waals surface area contributed by atoms with E-state index in [0.29, 0.717) is 21.2 Å². The number of hydrogen-bond donors (Lipinski definition) is 0. The Bertz CT molecular complexity index is 627. The number of rotatable bonds is 3. The van der Waals surface area contributed by atoms with Gasteiger partial charge in [-0.15, -0.1) is 0 Å². The van der Waals surface area contributed by atoms with Crippen LogP contribution < -0.4 is 4.74 Å². The number of aromatic nitrogens is 1. The van der Waals surface area contributed by atoms with Crippen LogP contribution in [0.3, 0.4) is 0 Å². The summed E-state index contributed by atoms with van der Waals surface area (Å²) in [7, 11) is 1.35. The topological polar surface area (TPSA) is 65.3 Å². The Labute approximate surface area is 118 Å². The van der Waals surface area contributed by atoms with Crippen LogP contribution in [0.4, 0.5) is 5.82 Å². The van der Waals surface area contributed by atoms with Gasteiger partial charge in [-0.2, -0.15) is 0 Å². The fraction of sp³-hybridized carbons (Fsp3) is 0.0833. The van der Waals surface area contributed by atoms with Gasteiger partial charge in [0.15, 0.2) is 0 Å². The Morgan fingerprint density at radius 3 is 2.32 bits per heavy atom. The van der Waals surface area contributed by atoms with Crippen LogP contribution in [0.5, 0.6) is 5.75 Å². The minimum Gasteiger partial charge on any atom is -0.489 e. The summed E-state index contributed by atoms with van der Waals surface area (Å²) in [6.07, 6.45) is 1.38. The molecule has 1 heterocycles. The quantitative estimate of drug-likeness (QED) is 0.635. The highest BCUT2D eigenvalue weighted by atomic mass is 35.5. The first-order valence-electron chi connectivity index (χ1n) is 5.16. The third-order valence-electron chi connectivity index (χ3n) is 2.42. The van der Waals surface area contributed by atoms with E-state index >= 15 is 0 Å². The van der Waals surface area contributed by atoms with E-state index in [-0.39, 0.29) is 11.6 Å². The zero-order chi connectivity index (χ0) is 14.0. The summed E-state index contributed by atoms with van der Waals surface area (Å²) in [6.45, 7) is 0. The number of ether oxygens (including phenoxy) is 1. The van der Waals surface area contributed by atoms with Gasteiger partial charge in [0.25, 0.3) is 0 Å². The second-order valence-corrected chi connectivity index (χ2v) is 4.54. The average Bonchev–Trinajstić information content (AvgIpc) is 2.36. The number of nitro groups is 1. The lowest BCUT2D eigenvalue weighted by atomic mass is 10.1. The molecule has 0 unspecified atom stereocenters. The zero-order valence-electron chi connectivity index (χ0n) is 9.76. The van der Waals surface area contributed by atoms with Gasteiger partial charge in [-0.1, -0.05) is 23.2 Å². The first-order chi connectivity index (χ1) is 9.01. The Balaban J connectivity index is 2.54. The Morgan fingerprint density at radius 2 is 1.79 bits per heavy atom. The molecule has 7 heteroatoms. The first-order valence-corrected chi connectivity index (χ1v) is 5.91. The van der Waals surface area contributed by atoms with E-state index in [1.165, 1.54) is 19.4 Å². The molecule has 0 aliphatic rings. The van der Waals surface area contributed by atoms with Crippen LogP contribution in [-0.4, -0.2) is 17.0 Å². The first kappa shape index (κ1) is 13.6. The van der Waals surface area contributed by atoms with Gasteiger partial charge in [-0.25, -0.2) is 0 Å². The number of nitrogens with zero attached hydrogens (tertiary/aromatic N) is 2. The standard InChI is InChI=1S/C12H8Cl2N2O3/c1-19-11-4-8(6-15-12(11)16(17)18)7-2-9(13)5-10(14)3-7/h2-6H,1H3. The molecule has 0 N–H and O–H groups in total. The lowest BCUT2D eigenvalue weighted by Gasteiger charge is -2.05. The van der Waals surface area contributed by atoms with Crippen molar-refractivity contribution in [1.82, 2.24) is 4.98 Å². The highest BCUT2D eigenvalue weighted by Gasteiger charge is 2.17. The maximum absolute atomic E-state index is 10.8. The molecule has 2 rings (SSSR count). The summed E-state index contributed by atoms with van der Waals surface area (Å²) in [4.78, 5) is 13.9. The summed E-state index contributed by atoms with van der Waals surface area (Å²) < 4.78 is 4.96. The maximum Gasteiger partial charge on any atom is 0.406 e. The van der Waals surface area contributed by atoms with Gasteiger partial charge in [0.2, 0.25) is 5.75 Å². The zero-order valence-corrected chi connectivity index (χ0v) is 11.3. The largest absolute Gasteiger partial charge is 0.489 e. The molecule has 0 saturated carbocycles. The number of pyridine rings is 1. The van der Waals surface area contributed by atoms with E-state index in [4.69, 9.17) is 27.9 Å². The SMILES string of the molecule is COc1cc(-c2cc(Cl)cc(Cl)c2)cnc1[N+](=O)[O-]. The second kappa shape index (κ2) is 5.42. The summed E-state index contributed by atoms with van der Waals surface area (Å²) in [5, 5.41) is 11.7. The molecular weight excluding hydrogens is 291 g/mol. The summed E-state index contributed by atoms with van der Waals surface area (Å²) in [5.41, 5.74) is 1.34. The molecule has 1 aromatic carbocycles. The van der Waals surface area contributed by atoms with E-state index in [9.17, 15) is 10.1 Å². The smallest absolute Gasteiger partial charge is 0.406 e. The Morgan fingerprint density at radius 1 is 1.16 bits per heavy atom. The van der Waals surface area contributed by atoms with E-state index < -0.39 is 4.92 Å². The van der Waals surface area contributed by atoms with Crippen LogP contribution in [0.1, 0.15) is 0 Å². The van der Waals surface area contributed by atoms with Crippen LogP contribution in [0.15, 0.2) is 30.5 Å². The molecule has 0 spiro atoms. The van der Waals surface area contributed by atoms with E-state index in [2.05, 4.69) is 4.98 Å². The molecule has 98 valence electrons. The fourth-order valence-electron chi connectivity index (χ4n) is 1.60. The molecule has 0 aliphatic heterocycles. The molecule has 0 saturated heterocycles. The van der Waals surface area contributed by atoms with Crippen LogP contribution in [-0.2, 0) is 0 Å². The summed E-state index contributed by atoms with van der Waals surface area (Å²) in [5.74, 6) is -0.252. The van der Waals surface area contributed by atoms with Crippen molar-refractivity contribution in [3.8, 4) is 16.9 Å². The van der Waals surface area contributed by atoms with Gasteiger partial charge >= 0.3 is 5.82 Å². The molecule has 0 aliphatic carbocycles. The molecule has 0 radical (unpaired) electrons. The van der Waals surface area contributed by atoms with Crippen molar-refractivity contribution in [2.45, 2.75) is 0 Å². The third kappa shape index (κ3) is 2.94. The van der Waals surface area contributed by atoms with Crippen molar-refractivity contribution in [1.29, 1.82) is 0 Å². The monoisotopic (exact) mass is 298 g/mol. The molecule has 0 atom stereocenters. The average molecular weight is 299 g/mol. The Kier molecular flexibility index (Phi) is 3.87. The molecular formula is C12H8Cl2N2O3. The lowest BCUT2D eigenvalue weighted by Crippen LogP contribution is -1.97. The highest BCUT2D eigenvalue weighted by Crippen LogP contribution is 2.32. The number of hydrogen-bond acceptors (Lipinski definition) is 4. The minimum absolute atomic E-state index is 0.0820. The molecule has 1 aromatic heterocycles. The minimum atomic E-state index is -0.604. The molecule has 0 fully saturated rings. The molecule has 2 aromatic rings. The number of methoxy groups -OCH3 is 1. The Hall–Kier alpha value is -1.85. The molecule has 0 amide bonds. The van der Waals surface area contributed by atoms with Gasteiger partial charge in [0, 0.05) is 21.7 Å². The van der Waals surface area contributed by atoms with Crippen LogP contribution >= 0.6 is 23.2 Å². The van der Waals surface area contributed by atoms with E-state index in [1.807, 2.05) is 0 Å². The van der Waals surface area contributed by atoms with Crippen molar-refractivity contribution in [2.75, 3.05) is 7.11 Å². The van der Waals surface area contributed by atoms with Crippen molar-refractivity contribution in [3.05, 3.63) is 50.6 Å². The van der Waals surface area contributed by atoms with Gasteiger partial charge in [0.1, 0.15) is 6.20 Å². The van der Waals surface area contributed by atoms with Gasteiger partial charge < -0.3 is 14.9 Å². The van der Waals surface area contributed by atoms with Crippen LogP contribution in [0.25, 0.3) is 11.1 Å². The van der Waals surface area contributed by atoms with Crippen molar-refractivity contribution >= 4 is 29.0 Å². The second-order valence-electron chi connectivity index (χ2n) is 3.67. The predicted octanol–water partition coefficient (Wildman–Crippen LogP) is 3.97. The van der Waals surface area contributed by atoms with Crippen molar-refractivity contribution in [2.24, 2.45) is 0 Å². The van der Waals surface area contributed by atoms with E-state index in [0.717, 1.165) is 0 Å². The summed E-state index contributed by atoms with van der Waals surface area (Å²) in [6, 6.07) is 6.50.